The quantitative estimate of drug-likeness (QED) is 0.449. The summed E-state index contributed by atoms with van der Waals surface area (Å²) in [7, 11) is 0. The van der Waals surface area contributed by atoms with Crippen molar-refractivity contribution >= 4 is 18.2 Å². The fourth-order valence-corrected chi connectivity index (χ4v) is 3.41. The molecule has 8 heteroatoms. The summed E-state index contributed by atoms with van der Waals surface area (Å²) in [5.74, 6) is -0.625. The Morgan fingerprint density at radius 1 is 0.938 bits per heavy atom. The van der Waals surface area contributed by atoms with Crippen LogP contribution in [0.2, 0.25) is 0 Å². The number of nitrogens with zero attached hydrogens (tertiary/aromatic N) is 2. The summed E-state index contributed by atoms with van der Waals surface area (Å²) in [5.41, 5.74) is 1.86. The minimum absolute atomic E-state index is 0.0436. The Morgan fingerprint density at radius 3 is 2.19 bits per heavy atom. The number of benzene rings is 3. The third-order valence-corrected chi connectivity index (χ3v) is 5.17. The molecule has 3 aromatic rings. The van der Waals surface area contributed by atoms with Crippen LogP contribution in [0.3, 0.4) is 0 Å². The zero-order valence-electron chi connectivity index (χ0n) is 17.0. The number of hydrogen-bond donors (Lipinski definition) is 1. The van der Waals surface area contributed by atoms with Crippen molar-refractivity contribution in [3.8, 4) is 16.9 Å². The number of alkyl halides is 2. The topological polar surface area (TPSA) is 71.0 Å². The average molecular weight is 435 g/mol. The molecule has 0 saturated carbocycles. The number of imide groups is 1. The number of hydrazone groups is 1. The lowest BCUT2D eigenvalue weighted by atomic mass is 9.92. The van der Waals surface area contributed by atoms with Gasteiger partial charge in [-0.15, -0.1) is 5.01 Å². The van der Waals surface area contributed by atoms with Gasteiger partial charge in [-0.05, 0) is 41.3 Å². The second-order valence-corrected chi connectivity index (χ2v) is 7.31. The molecular formula is C24H19F2N3O3. The molecule has 1 atom stereocenters. The largest absolute Gasteiger partial charge is 0.435 e. The van der Waals surface area contributed by atoms with Crippen molar-refractivity contribution in [2.75, 3.05) is 0 Å². The van der Waals surface area contributed by atoms with Gasteiger partial charge < -0.3 is 10.1 Å². The molecule has 0 bridgehead atoms. The van der Waals surface area contributed by atoms with E-state index in [9.17, 15) is 18.4 Å². The van der Waals surface area contributed by atoms with E-state index in [1.54, 1.807) is 0 Å². The van der Waals surface area contributed by atoms with E-state index < -0.39 is 24.1 Å². The fraction of sp³-hybridized carbons (Fsp3) is 0.125. The molecule has 162 valence electrons. The second-order valence-electron chi connectivity index (χ2n) is 7.31. The molecular weight excluding hydrogens is 416 g/mol. The number of amides is 3. The molecule has 1 N–H and O–H groups in total. The predicted molar refractivity (Wildman–Crippen MR) is 115 cm³/mol. The molecule has 32 heavy (non-hydrogen) atoms. The van der Waals surface area contributed by atoms with Gasteiger partial charge in [0, 0.05) is 0 Å². The molecule has 1 aliphatic rings. The number of carbonyl (C=O) groups excluding carboxylic acids is 2. The first-order valence-electron chi connectivity index (χ1n) is 9.78. The predicted octanol–water partition coefficient (Wildman–Crippen LogP) is 4.76. The van der Waals surface area contributed by atoms with E-state index >= 15 is 0 Å². The van der Waals surface area contributed by atoms with Gasteiger partial charge in [0.1, 0.15) is 11.3 Å². The van der Waals surface area contributed by atoms with Crippen LogP contribution in [0.1, 0.15) is 18.1 Å². The Balaban J connectivity index is 1.49. The van der Waals surface area contributed by atoms with Crippen molar-refractivity contribution in [3.05, 3.63) is 90.0 Å². The van der Waals surface area contributed by atoms with Crippen LogP contribution >= 0.6 is 0 Å². The normalized spacial score (nSPS) is 18.4. The van der Waals surface area contributed by atoms with Gasteiger partial charge in [0.2, 0.25) is 0 Å². The highest BCUT2D eigenvalue weighted by molar-refractivity contribution is 6.07. The van der Waals surface area contributed by atoms with Gasteiger partial charge in [0.25, 0.3) is 5.91 Å². The molecule has 6 nitrogen and oxygen atoms in total. The molecule has 0 aliphatic carbocycles. The molecule has 0 spiro atoms. The highest BCUT2D eigenvalue weighted by atomic mass is 19.3. The third kappa shape index (κ3) is 4.20. The zero-order chi connectivity index (χ0) is 22.7. The Morgan fingerprint density at radius 2 is 1.56 bits per heavy atom. The van der Waals surface area contributed by atoms with Gasteiger partial charge >= 0.3 is 12.6 Å². The Bertz CT molecular complexity index is 1150. The molecule has 0 unspecified atom stereocenters. The van der Waals surface area contributed by atoms with Gasteiger partial charge in [0.05, 0.1) is 6.21 Å². The zero-order valence-corrected chi connectivity index (χ0v) is 17.0. The lowest BCUT2D eigenvalue weighted by molar-refractivity contribution is -0.131. The molecule has 1 saturated heterocycles. The Hall–Kier alpha value is -4.07. The standard InChI is InChI=1S/C24H19F2N3O3/c1-24(19-11-13-20(14-12-19)32-22(25)26)21(30)29(23(31)28-24)27-15-16-7-9-18(10-8-16)17-5-3-2-4-6-17/h2-15,22H,1H3,(H,28,31)/b27-15-/t24-/m1/s1. The fourth-order valence-electron chi connectivity index (χ4n) is 3.41. The van der Waals surface area contributed by atoms with Crippen LogP contribution < -0.4 is 10.1 Å². The number of halogens is 2. The lowest BCUT2D eigenvalue weighted by Crippen LogP contribution is -2.40. The first-order chi connectivity index (χ1) is 15.4. The molecule has 1 fully saturated rings. The average Bonchev–Trinajstić information content (AvgIpc) is 3.02. The maximum Gasteiger partial charge on any atom is 0.387 e. The van der Waals surface area contributed by atoms with Crippen molar-refractivity contribution in [1.29, 1.82) is 0 Å². The maximum absolute atomic E-state index is 12.9. The molecule has 1 heterocycles. The highest BCUT2D eigenvalue weighted by Crippen LogP contribution is 2.30. The SMILES string of the molecule is C[C@]1(c2ccc(OC(F)F)cc2)NC(=O)N(/N=C\c2ccc(-c3ccccc3)cc2)C1=O. The number of ether oxygens (including phenoxy) is 1. The molecule has 0 aromatic heterocycles. The second kappa shape index (κ2) is 8.58. The maximum atomic E-state index is 12.9. The van der Waals surface area contributed by atoms with Gasteiger partial charge in [-0.3, -0.25) is 4.79 Å². The molecule has 4 rings (SSSR count). The Kier molecular flexibility index (Phi) is 5.68. The number of hydrogen-bond acceptors (Lipinski definition) is 4. The number of nitrogens with one attached hydrogen (secondary N) is 1. The molecule has 1 aliphatic heterocycles. The van der Waals surface area contributed by atoms with Crippen LogP contribution in [0.15, 0.2) is 84.0 Å². The summed E-state index contributed by atoms with van der Waals surface area (Å²) in [6.07, 6.45) is 1.43. The van der Waals surface area contributed by atoms with E-state index in [1.807, 2.05) is 54.6 Å². The summed E-state index contributed by atoms with van der Waals surface area (Å²) in [6.45, 7) is -1.42. The first-order valence-corrected chi connectivity index (χ1v) is 9.78. The highest BCUT2D eigenvalue weighted by Gasteiger charge is 2.49. The van der Waals surface area contributed by atoms with Crippen LogP contribution in [0.25, 0.3) is 11.1 Å². The number of carbonyl (C=O) groups is 2. The van der Waals surface area contributed by atoms with Crippen molar-refractivity contribution in [2.24, 2.45) is 5.10 Å². The van der Waals surface area contributed by atoms with Crippen LogP contribution in [-0.2, 0) is 10.3 Å². The van der Waals surface area contributed by atoms with Gasteiger partial charge in [0.15, 0.2) is 0 Å². The number of urea groups is 1. The van der Waals surface area contributed by atoms with Crippen molar-refractivity contribution in [1.82, 2.24) is 10.3 Å². The minimum Gasteiger partial charge on any atom is -0.435 e. The summed E-state index contributed by atoms with van der Waals surface area (Å²) >= 11 is 0. The minimum atomic E-state index is -2.95. The van der Waals surface area contributed by atoms with Crippen LogP contribution in [0.5, 0.6) is 5.75 Å². The third-order valence-electron chi connectivity index (χ3n) is 5.17. The first kappa shape index (κ1) is 21.2. The van der Waals surface area contributed by atoms with Crippen LogP contribution in [-0.4, -0.2) is 29.8 Å². The number of rotatable bonds is 6. The van der Waals surface area contributed by atoms with Crippen molar-refractivity contribution in [2.45, 2.75) is 19.1 Å². The van der Waals surface area contributed by atoms with Crippen molar-refractivity contribution < 1.29 is 23.1 Å². The summed E-state index contributed by atoms with van der Waals surface area (Å²) < 4.78 is 29.0. The molecule has 3 amide bonds. The van der Waals surface area contributed by atoms with E-state index in [0.717, 1.165) is 16.1 Å². The van der Waals surface area contributed by atoms with Gasteiger partial charge in [-0.2, -0.15) is 13.9 Å². The van der Waals surface area contributed by atoms with E-state index in [-0.39, 0.29) is 5.75 Å². The molecule has 3 aromatic carbocycles. The van der Waals surface area contributed by atoms with E-state index in [0.29, 0.717) is 11.1 Å². The van der Waals surface area contributed by atoms with E-state index in [1.165, 1.54) is 37.4 Å². The summed E-state index contributed by atoms with van der Waals surface area (Å²) in [4.78, 5) is 25.3. The smallest absolute Gasteiger partial charge is 0.387 e. The van der Waals surface area contributed by atoms with Gasteiger partial charge in [-0.1, -0.05) is 66.7 Å². The monoisotopic (exact) mass is 435 g/mol. The van der Waals surface area contributed by atoms with Crippen molar-refractivity contribution in [3.63, 3.8) is 0 Å². The summed E-state index contributed by atoms with van der Waals surface area (Å²) in [5, 5.41) is 7.43. The van der Waals surface area contributed by atoms with Crippen LogP contribution in [0.4, 0.5) is 13.6 Å². The van der Waals surface area contributed by atoms with Crippen LogP contribution in [0, 0.1) is 0 Å². The van der Waals surface area contributed by atoms with Gasteiger partial charge in [-0.25, -0.2) is 4.79 Å². The molecule has 0 radical (unpaired) electrons. The Labute approximate surface area is 183 Å². The van der Waals surface area contributed by atoms with E-state index in [4.69, 9.17) is 0 Å². The summed E-state index contributed by atoms with van der Waals surface area (Å²) in [6, 6.07) is 22.2. The lowest BCUT2D eigenvalue weighted by Gasteiger charge is -2.21. The van der Waals surface area contributed by atoms with E-state index in [2.05, 4.69) is 15.2 Å².